The predicted octanol–water partition coefficient (Wildman–Crippen LogP) is 4.56. The van der Waals surface area contributed by atoms with Crippen molar-refractivity contribution in [1.82, 2.24) is 0 Å². The summed E-state index contributed by atoms with van der Waals surface area (Å²) in [5, 5.41) is 0. The topological polar surface area (TPSA) is 0 Å². The largest absolute Gasteiger partial charge is 0.0885 e. The molecular formula is C12H24. The van der Waals surface area contributed by atoms with Gasteiger partial charge in [-0.25, -0.2) is 0 Å². The Morgan fingerprint density at radius 2 is 1.83 bits per heavy atom. The highest BCUT2D eigenvalue weighted by molar-refractivity contribution is 4.82. The van der Waals surface area contributed by atoms with E-state index in [1.54, 1.807) is 0 Å². The van der Waals surface area contributed by atoms with E-state index >= 15 is 0 Å². The standard InChI is InChI=1S/C12H24/c1-4-6-7-8-9-11-12(3)10-5-2/h8-9,12H,4-7,10-11H2,1-3H3. The summed E-state index contributed by atoms with van der Waals surface area (Å²) in [6, 6.07) is 0. The molecule has 0 radical (unpaired) electrons. The molecule has 0 saturated carbocycles. The van der Waals surface area contributed by atoms with Gasteiger partial charge in [-0.2, -0.15) is 0 Å². The van der Waals surface area contributed by atoms with Crippen molar-refractivity contribution in [3.05, 3.63) is 12.2 Å². The van der Waals surface area contributed by atoms with E-state index in [9.17, 15) is 0 Å². The lowest BCUT2D eigenvalue weighted by atomic mass is 10.0. The Kier molecular flexibility index (Phi) is 8.64. The Labute approximate surface area is 78.1 Å². The first kappa shape index (κ1) is 11.7. The highest BCUT2D eigenvalue weighted by atomic mass is 14.0. The second kappa shape index (κ2) is 8.83. The molecule has 0 aliphatic carbocycles. The van der Waals surface area contributed by atoms with Crippen molar-refractivity contribution < 1.29 is 0 Å². The quantitative estimate of drug-likeness (QED) is 0.386. The average Bonchev–Trinajstić information content (AvgIpc) is 2.05. The van der Waals surface area contributed by atoms with E-state index in [0.29, 0.717) is 0 Å². The first-order valence-electron chi connectivity index (χ1n) is 5.46. The maximum Gasteiger partial charge on any atom is -0.0325 e. The number of unbranched alkanes of at least 4 members (excludes halogenated alkanes) is 2. The van der Waals surface area contributed by atoms with Crippen LogP contribution in [0.15, 0.2) is 12.2 Å². The molecule has 0 bridgehead atoms. The molecule has 0 nitrogen and oxygen atoms in total. The van der Waals surface area contributed by atoms with E-state index in [1.807, 2.05) is 0 Å². The highest BCUT2D eigenvalue weighted by Crippen LogP contribution is 2.10. The minimum absolute atomic E-state index is 0.882. The summed E-state index contributed by atoms with van der Waals surface area (Å²) < 4.78 is 0. The molecule has 0 amide bonds. The minimum Gasteiger partial charge on any atom is -0.0885 e. The lowest BCUT2D eigenvalue weighted by molar-refractivity contribution is 0.531. The van der Waals surface area contributed by atoms with E-state index < -0.39 is 0 Å². The number of hydrogen-bond donors (Lipinski definition) is 0. The fourth-order valence-corrected chi connectivity index (χ4v) is 1.38. The van der Waals surface area contributed by atoms with Crippen molar-refractivity contribution >= 4 is 0 Å². The summed E-state index contributed by atoms with van der Waals surface area (Å²) >= 11 is 0. The maximum atomic E-state index is 2.36. The van der Waals surface area contributed by atoms with E-state index in [1.165, 1.54) is 38.5 Å². The maximum absolute atomic E-state index is 2.36. The first-order chi connectivity index (χ1) is 5.81. The molecule has 1 atom stereocenters. The third kappa shape index (κ3) is 7.84. The van der Waals surface area contributed by atoms with Crippen molar-refractivity contribution in [2.24, 2.45) is 5.92 Å². The Morgan fingerprint density at radius 3 is 2.42 bits per heavy atom. The van der Waals surface area contributed by atoms with Gasteiger partial charge in [-0.1, -0.05) is 58.6 Å². The number of hydrogen-bond acceptors (Lipinski definition) is 0. The van der Waals surface area contributed by atoms with Crippen LogP contribution in [0.3, 0.4) is 0 Å². The smallest absolute Gasteiger partial charge is 0.0325 e. The summed E-state index contributed by atoms with van der Waals surface area (Å²) in [5.41, 5.74) is 0. The number of allylic oxidation sites excluding steroid dienone is 2. The average molecular weight is 168 g/mol. The van der Waals surface area contributed by atoms with Crippen molar-refractivity contribution in [2.75, 3.05) is 0 Å². The van der Waals surface area contributed by atoms with Crippen LogP contribution in [-0.2, 0) is 0 Å². The molecule has 12 heavy (non-hydrogen) atoms. The third-order valence-electron chi connectivity index (χ3n) is 2.21. The van der Waals surface area contributed by atoms with Gasteiger partial charge >= 0.3 is 0 Å². The molecule has 0 aromatic heterocycles. The molecule has 0 N–H and O–H groups in total. The summed E-state index contributed by atoms with van der Waals surface area (Å²) in [7, 11) is 0. The van der Waals surface area contributed by atoms with Crippen LogP contribution >= 0.6 is 0 Å². The van der Waals surface area contributed by atoms with Gasteiger partial charge in [0.15, 0.2) is 0 Å². The zero-order valence-corrected chi connectivity index (χ0v) is 8.97. The van der Waals surface area contributed by atoms with Gasteiger partial charge in [-0.3, -0.25) is 0 Å². The van der Waals surface area contributed by atoms with Crippen LogP contribution in [0.5, 0.6) is 0 Å². The zero-order valence-electron chi connectivity index (χ0n) is 8.97. The molecule has 0 saturated heterocycles. The summed E-state index contributed by atoms with van der Waals surface area (Å²) in [4.78, 5) is 0. The zero-order chi connectivity index (χ0) is 9.23. The second-order valence-corrected chi connectivity index (χ2v) is 3.74. The normalized spacial score (nSPS) is 13.9. The monoisotopic (exact) mass is 168 g/mol. The van der Waals surface area contributed by atoms with Crippen LogP contribution in [0.4, 0.5) is 0 Å². The minimum atomic E-state index is 0.882. The fourth-order valence-electron chi connectivity index (χ4n) is 1.38. The van der Waals surface area contributed by atoms with Gasteiger partial charge < -0.3 is 0 Å². The van der Waals surface area contributed by atoms with Crippen LogP contribution < -0.4 is 0 Å². The summed E-state index contributed by atoms with van der Waals surface area (Å²) in [6.07, 6.45) is 12.6. The molecule has 0 aliphatic rings. The lowest BCUT2D eigenvalue weighted by Crippen LogP contribution is -1.90. The van der Waals surface area contributed by atoms with Gasteiger partial charge in [0, 0.05) is 0 Å². The molecule has 0 spiro atoms. The first-order valence-corrected chi connectivity index (χ1v) is 5.46. The fraction of sp³-hybridized carbons (Fsp3) is 0.833. The number of rotatable bonds is 7. The molecule has 0 aromatic rings. The van der Waals surface area contributed by atoms with Crippen molar-refractivity contribution in [3.8, 4) is 0 Å². The molecule has 0 aliphatic heterocycles. The highest BCUT2D eigenvalue weighted by Gasteiger charge is 1.95. The molecular weight excluding hydrogens is 144 g/mol. The third-order valence-corrected chi connectivity index (χ3v) is 2.21. The van der Waals surface area contributed by atoms with E-state index in [2.05, 4.69) is 32.9 Å². The summed E-state index contributed by atoms with van der Waals surface area (Å²) in [6.45, 7) is 6.85. The van der Waals surface area contributed by atoms with Gasteiger partial charge in [-0.15, -0.1) is 0 Å². The van der Waals surface area contributed by atoms with E-state index in [4.69, 9.17) is 0 Å². The Balaban J connectivity index is 3.21. The molecule has 0 heteroatoms. The molecule has 0 heterocycles. The molecule has 0 fully saturated rings. The van der Waals surface area contributed by atoms with Crippen molar-refractivity contribution in [3.63, 3.8) is 0 Å². The van der Waals surface area contributed by atoms with Crippen molar-refractivity contribution in [2.45, 2.75) is 59.3 Å². The lowest BCUT2D eigenvalue weighted by Gasteiger charge is -2.04. The van der Waals surface area contributed by atoms with Crippen LogP contribution in [0.25, 0.3) is 0 Å². The van der Waals surface area contributed by atoms with Crippen LogP contribution in [0.2, 0.25) is 0 Å². The van der Waals surface area contributed by atoms with E-state index in [-0.39, 0.29) is 0 Å². The van der Waals surface area contributed by atoms with Gasteiger partial charge in [-0.05, 0) is 18.8 Å². The van der Waals surface area contributed by atoms with Crippen LogP contribution in [0, 0.1) is 5.92 Å². The van der Waals surface area contributed by atoms with Crippen LogP contribution in [0.1, 0.15) is 59.3 Å². The Morgan fingerprint density at radius 1 is 1.08 bits per heavy atom. The Hall–Kier alpha value is -0.260. The Bertz CT molecular complexity index is 103. The van der Waals surface area contributed by atoms with Gasteiger partial charge in [0.2, 0.25) is 0 Å². The molecule has 1 unspecified atom stereocenters. The van der Waals surface area contributed by atoms with Gasteiger partial charge in [0.1, 0.15) is 0 Å². The molecule has 72 valence electrons. The predicted molar refractivity (Wildman–Crippen MR) is 57.4 cm³/mol. The second-order valence-electron chi connectivity index (χ2n) is 3.74. The summed E-state index contributed by atoms with van der Waals surface area (Å²) in [5.74, 6) is 0.882. The molecule has 0 aromatic carbocycles. The SMILES string of the molecule is CCCCC=CCC(C)CCC. The van der Waals surface area contributed by atoms with E-state index in [0.717, 1.165) is 5.92 Å². The molecule has 0 rings (SSSR count). The van der Waals surface area contributed by atoms with Crippen LogP contribution in [-0.4, -0.2) is 0 Å². The van der Waals surface area contributed by atoms with Gasteiger partial charge in [0.25, 0.3) is 0 Å². The van der Waals surface area contributed by atoms with Gasteiger partial charge in [0.05, 0.1) is 0 Å². The van der Waals surface area contributed by atoms with Crippen molar-refractivity contribution in [1.29, 1.82) is 0 Å².